The minimum absolute atomic E-state index is 0.197. The zero-order valence-corrected chi connectivity index (χ0v) is 15.7. The standard InChI is InChI=1S/C19H18N2O2S2/c1-19(2)8-13-15(10-22-19)23-14-9-20-18(21-17(13)14)25-11-16(24)12-6-4-3-5-7-12/h3-7,9H,8,10-11H2,1-2H3. The van der Waals surface area contributed by atoms with Gasteiger partial charge in [-0.2, -0.15) is 0 Å². The Bertz CT molecular complexity index is 935. The molecule has 6 heteroatoms. The van der Waals surface area contributed by atoms with Gasteiger partial charge in [0.25, 0.3) is 0 Å². The van der Waals surface area contributed by atoms with Crippen molar-refractivity contribution in [2.75, 3.05) is 5.75 Å². The number of hydrogen-bond acceptors (Lipinski definition) is 6. The van der Waals surface area contributed by atoms with Crippen molar-refractivity contribution in [3.05, 3.63) is 53.4 Å². The van der Waals surface area contributed by atoms with E-state index in [4.69, 9.17) is 26.4 Å². The van der Waals surface area contributed by atoms with E-state index in [1.54, 1.807) is 18.0 Å². The first-order valence-corrected chi connectivity index (χ1v) is 9.53. The molecule has 1 aromatic carbocycles. The maximum absolute atomic E-state index is 5.85. The molecule has 0 spiro atoms. The summed E-state index contributed by atoms with van der Waals surface area (Å²) in [5.41, 5.74) is 3.64. The summed E-state index contributed by atoms with van der Waals surface area (Å²) in [6.07, 6.45) is 2.54. The smallest absolute Gasteiger partial charge is 0.188 e. The topological polar surface area (TPSA) is 48.2 Å². The molecule has 0 radical (unpaired) electrons. The molecule has 2 aromatic heterocycles. The van der Waals surface area contributed by atoms with Gasteiger partial charge in [0.05, 0.1) is 11.8 Å². The Morgan fingerprint density at radius 2 is 2.08 bits per heavy atom. The van der Waals surface area contributed by atoms with Gasteiger partial charge in [0.2, 0.25) is 0 Å². The molecule has 0 saturated heterocycles. The van der Waals surface area contributed by atoms with Crippen LogP contribution in [-0.4, -0.2) is 26.2 Å². The predicted molar refractivity (Wildman–Crippen MR) is 103 cm³/mol. The third kappa shape index (κ3) is 3.47. The van der Waals surface area contributed by atoms with E-state index in [9.17, 15) is 0 Å². The highest BCUT2D eigenvalue weighted by Gasteiger charge is 2.31. The van der Waals surface area contributed by atoms with Crippen LogP contribution in [0.1, 0.15) is 30.7 Å². The number of benzene rings is 1. The fraction of sp³-hybridized carbons (Fsp3) is 0.316. The van der Waals surface area contributed by atoms with E-state index in [1.165, 1.54) is 0 Å². The van der Waals surface area contributed by atoms with E-state index < -0.39 is 0 Å². The van der Waals surface area contributed by atoms with Crippen molar-refractivity contribution < 1.29 is 9.15 Å². The highest BCUT2D eigenvalue weighted by molar-refractivity contribution is 8.01. The number of aromatic nitrogens is 2. The lowest BCUT2D eigenvalue weighted by molar-refractivity contribution is -0.0476. The summed E-state index contributed by atoms with van der Waals surface area (Å²) in [7, 11) is 0. The van der Waals surface area contributed by atoms with E-state index in [2.05, 4.69) is 18.8 Å². The average molecular weight is 370 g/mol. The largest absolute Gasteiger partial charge is 0.455 e. The van der Waals surface area contributed by atoms with E-state index in [1.807, 2.05) is 30.3 Å². The number of furan rings is 1. The van der Waals surface area contributed by atoms with Crippen LogP contribution in [0.4, 0.5) is 0 Å². The average Bonchev–Trinajstić information content (AvgIpc) is 2.96. The Morgan fingerprint density at radius 1 is 1.28 bits per heavy atom. The first-order valence-electron chi connectivity index (χ1n) is 8.14. The lowest BCUT2D eigenvalue weighted by Gasteiger charge is -2.28. The number of hydrogen-bond donors (Lipinski definition) is 0. The Hall–Kier alpha value is -1.76. The molecule has 0 bridgehead atoms. The second kappa shape index (κ2) is 6.52. The second-order valence-corrected chi connectivity index (χ2v) is 8.11. The fourth-order valence-electron chi connectivity index (χ4n) is 2.92. The molecule has 0 saturated carbocycles. The SMILES string of the molecule is CC1(C)Cc2c(oc3cnc(SCC(=S)c4ccccc4)nc23)CO1. The molecule has 3 aromatic rings. The third-order valence-electron chi connectivity index (χ3n) is 4.21. The predicted octanol–water partition coefficient (Wildman–Crippen LogP) is 4.58. The maximum Gasteiger partial charge on any atom is 0.188 e. The molecule has 1 aliphatic heterocycles. The van der Waals surface area contributed by atoms with Gasteiger partial charge in [-0.25, -0.2) is 9.97 Å². The van der Waals surface area contributed by atoms with Crippen molar-refractivity contribution in [3.63, 3.8) is 0 Å². The first-order chi connectivity index (χ1) is 12.0. The summed E-state index contributed by atoms with van der Waals surface area (Å²) in [5, 5.41) is 0.721. The van der Waals surface area contributed by atoms with Gasteiger partial charge in [-0.3, -0.25) is 0 Å². The van der Waals surface area contributed by atoms with Crippen molar-refractivity contribution in [3.8, 4) is 0 Å². The number of thiocarbonyl (C=S) groups is 1. The second-order valence-electron chi connectivity index (χ2n) is 6.67. The summed E-state index contributed by atoms with van der Waals surface area (Å²) in [6, 6.07) is 10.0. The molecule has 1 aliphatic rings. The van der Waals surface area contributed by atoms with E-state index in [-0.39, 0.29) is 5.60 Å². The van der Waals surface area contributed by atoms with Gasteiger partial charge >= 0.3 is 0 Å². The minimum Gasteiger partial charge on any atom is -0.455 e. The number of fused-ring (bicyclic) bond motifs is 3. The molecule has 0 N–H and O–H groups in total. The van der Waals surface area contributed by atoms with E-state index >= 15 is 0 Å². The molecular formula is C19H18N2O2S2. The van der Waals surface area contributed by atoms with Crippen molar-refractivity contribution in [1.29, 1.82) is 0 Å². The van der Waals surface area contributed by atoms with Crippen molar-refractivity contribution in [2.24, 2.45) is 0 Å². The van der Waals surface area contributed by atoms with Crippen LogP contribution < -0.4 is 0 Å². The Balaban J connectivity index is 1.56. The summed E-state index contributed by atoms with van der Waals surface area (Å²) in [5.74, 6) is 1.55. The monoisotopic (exact) mass is 370 g/mol. The zero-order valence-electron chi connectivity index (χ0n) is 14.1. The summed E-state index contributed by atoms with van der Waals surface area (Å²) in [6.45, 7) is 4.66. The van der Waals surface area contributed by atoms with Gasteiger partial charge in [-0.1, -0.05) is 54.3 Å². The van der Waals surface area contributed by atoms with Crippen LogP contribution in [0.2, 0.25) is 0 Å². The fourth-order valence-corrected chi connectivity index (χ4v) is 3.94. The van der Waals surface area contributed by atoms with Crippen LogP contribution in [0, 0.1) is 0 Å². The van der Waals surface area contributed by atoms with Gasteiger partial charge in [-0.05, 0) is 19.4 Å². The van der Waals surface area contributed by atoms with Gasteiger partial charge in [0.15, 0.2) is 10.7 Å². The Labute approximate surface area is 156 Å². The highest BCUT2D eigenvalue weighted by atomic mass is 32.2. The van der Waals surface area contributed by atoms with Crippen LogP contribution in [0.25, 0.3) is 11.1 Å². The van der Waals surface area contributed by atoms with Crippen LogP contribution in [0.5, 0.6) is 0 Å². The van der Waals surface area contributed by atoms with E-state index in [0.717, 1.165) is 44.4 Å². The Morgan fingerprint density at radius 3 is 2.88 bits per heavy atom. The minimum atomic E-state index is -0.197. The van der Waals surface area contributed by atoms with Gasteiger partial charge in [0.1, 0.15) is 17.9 Å². The normalized spacial score (nSPS) is 15.9. The lowest BCUT2D eigenvalue weighted by Crippen LogP contribution is -2.31. The molecule has 0 aliphatic carbocycles. The zero-order chi connectivity index (χ0) is 17.4. The number of ether oxygens (including phenoxy) is 1. The van der Waals surface area contributed by atoms with Crippen molar-refractivity contribution in [2.45, 2.75) is 37.6 Å². The molecular weight excluding hydrogens is 352 g/mol. The van der Waals surface area contributed by atoms with Gasteiger partial charge in [-0.15, -0.1) is 0 Å². The molecule has 0 fully saturated rings. The molecule has 25 heavy (non-hydrogen) atoms. The van der Waals surface area contributed by atoms with E-state index in [0.29, 0.717) is 12.4 Å². The summed E-state index contributed by atoms with van der Waals surface area (Å²) in [4.78, 5) is 10.0. The molecule has 3 heterocycles. The molecule has 0 unspecified atom stereocenters. The Kier molecular flexibility index (Phi) is 4.35. The molecule has 0 atom stereocenters. The number of rotatable bonds is 4. The van der Waals surface area contributed by atoms with Crippen molar-refractivity contribution >= 4 is 39.9 Å². The maximum atomic E-state index is 5.85. The summed E-state index contributed by atoms with van der Waals surface area (Å²) < 4.78 is 11.7. The van der Waals surface area contributed by atoms with Gasteiger partial charge in [0, 0.05) is 22.6 Å². The van der Waals surface area contributed by atoms with Crippen LogP contribution in [-0.2, 0) is 17.8 Å². The number of nitrogens with zero attached hydrogens (tertiary/aromatic N) is 2. The third-order valence-corrected chi connectivity index (χ3v) is 5.66. The number of thioether (sulfide) groups is 1. The first kappa shape index (κ1) is 16.7. The van der Waals surface area contributed by atoms with Crippen LogP contribution >= 0.6 is 24.0 Å². The quantitative estimate of drug-likeness (QED) is 0.290. The molecule has 4 rings (SSSR count). The van der Waals surface area contributed by atoms with Gasteiger partial charge < -0.3 is 9.15 Å². The summed E-state index contributed by atoms with van der Waals surface area (Å²) >= 11 is 7.07. The molecule has 0 amide bonds. The van der Waals surface area contributed by atoms with Crippen molar-refractivity contribution in [1.82, 2.24) is 9.97 Å². The van der Waals surface area contributed by atoms with Crippen LogP contribution in [0.15, 0.2) is 46.1 Å². The molecule has 4 nitrogen and oxygen atoms in total. The van der Waals surface area contributed by atoms with Crippen LogP contribution in [0.3, 0.4) is 0 Å². The highest BCUT2D eigenvalue weighted by Crippen LogP contribution is 2.34. The lowest BCUT2D eigenvalue weighted by atomic mass is 9.95. The molecule has 128 valence electrons.